The number of carbonyl (C=O) groups is 2. The number of nitrogens with zero attached hydrogens (tertiary/aromatic N) is 3. The lowest BCUT2D eigenvalue weighted by Crippen LogP contribution is -2.46. The van der Waals surface area contributed by atoms with Gasteiger partial charge in [-0.3, -0.25) is 14.5 Å². The average Bonchev–Trinajstić information content (AvgIpc) is 3.04. The van der Waals surface area contributed by atoms with Crippen LogP contribution < -0.4 is 10.2 Å². The predicted octanol–water partition coefficient (Wildman–Crippen LogP) is 3.82. The number of hydrogen-bond donors (Lipinski definition) is 1. The molecular formula is C27H32N4O2. The zero-order chi connectivity index (χ0) is 23.5. The highest BCUT2D eigenvalue weighted by atomic mass is 16.2. The Balaban J connectivity index is 1.62. The van der Waals surface area contributed by atoms with Crippen molar-refractivity contribution >= 4 is 28.8 Å². The fraction of sp³-hybridized carbons (Fsp3) is 0.333. The number of nitrogens with one attached hydrogen (secondary N) is 1. The molecule has 2 heterocycles. The van der Waals surface area contributed by atoms with Gasteiger partial charge in [-0.05, 0) is 55.8 Å². The SMILES string of the molecule is C=CCN1C(=O)C(Nc2ccc(N3CCN(CC)CC3)cc2)=C(c2ccc(C)cc2C)C1=O. The van der Waals surface area contributed by atoms with Crippen molar-refractivity contribution in [2.75, 3.05) is 49.5 Å². The molecule has 0 spiro atoms. The van der Waals surface area contributed by atoms with Gasteiger partial charge in [0, 0.05) is 44.1 Å². The van der Waals surface area contributed by atoms with E-state index >= 15 is 0 Å². The Kier molecular flexibility index (Phi) is 6.65. The van der Waals surface area contributed by atoms with Crippen molar-refractivity contribution in [1.82, 2.24) is 9.80 Å². The lowest BCUT2D eigenvalue weighted by molar-refractivity contribution is -0.136. The van der Waals surface area contributed by atoms with Gasteiger partial charge in [-0.15, -0.1) is 6.58 Å². The largest absolute Gasteiger partial charge is 0.369 e. The lowest BCUT2D eigenvalue weighted by atomic mass is 9.97. The molecule has 2 amide bonds. The van der Waals surface area contributed by atoms with Gasteiger partial charge in [0.15, 0.2) is 0 Å². The lowest BCUT2D eigenvalue weighted by Gasteiger charge is -2.35. The molecule has 2 aromatic rings. The zero-order valence-electron chi connectivity index (χ0n) is 19.7. The van der Waals surface area contributed by atoms with Crippen molar-refractivity contribution in [1.29, 1.82) is 0 Å². The van der Waals surface area contributed by atoms with Crippen molar-refractivity contribution in [3.05, 3.63) is 77.5 Å². The van der Waals surface area contributed by atoms with E-state index < -0.39 is 0 Å². The third-order valence-electron chi connectivity index (χ3n) is 6.45. The van der Waals surface area contributed by atoms with Gasteiger partial charge in [0.1, 0.15) is 5.70 Å². The summed E-state index contributed by atoms with van der Waals surface area (Å²) in [5.41, 5.74) is 5.54. The van der Waals surface area contributed by atoms with E-state index in [1.54, 1.807) is 6.08 Å². The third-order valence-corrected chi connectivity index (χ3v) is 6.45. The molecule has 6 heteroatoms. The fourth-order valence-corrected chi connectivity index (χ4v) is 4.55. The monoisotopic (exact) mass is 444 g/mol. The van der Waals surface area contributed by atoms with E-state index in [0.29, 0.717) is 11.3 Å². The van der Waals surface area contributed by atoms with Crippen molar-refractivity contribution in [2.24, 2.45) is 0 Å². The summed E-state index contributed by atoms with van der Waals surface area (Å²) < 4.78 is 0. The second kappa shape index (κ2) is 9.63. The van der Waals surface area contributed by atoms with Crippen molar-refractivity contribution < 1.29 is 9.59 Å². The van der Waals surface area contributed by atoms with Crippen LogP contribution in [0.2, 0.25) is 0 Å². The second-order valence-electron chi connectivity index (χ2n) is 8.67. The molecule has 2 aromatic carbocycles. The Morgan fingerprint density at radius 1 is 0.970 bits per heavy atom. The van der Waals surface area contributed by atoms with Crippen LogP contribution in [0, 0.1) is 13.8 Å². The Bertz CT molecular complexity index is 1100. The van der Waals surface area contributed by atoms with Gasteiger partial charge in [0.2, 0.25) is 0 Å². The molecule has 0 unspecified atom stereocenters. The van der Waals surface area contributed by atoms with Gasteiger partial charge in [-0.1, -0.05) is 36.8 Å². The minimum Gasteiger partial charge on any atom is -0.369 e. The molecule has 1 N–H and O–H groups in total. The van der Waals surface area contributed by atoms with Gasteiger partial charge >= 0.3 is 0 Å². The zero-order valence-corrected chi connectivity index (χ0v) is 19.7. The van der Waals surface area contributed by atoms with Gasteiger partial charge in [0.05, 0.1) is 5.57 Å². The van der Waals surface area contributed by atoms with Crippen LogP contribution in [-0.4, -0.2) is 60.9 Å². The van der Waals surface area contributed by atoms with Crippen LogP contribution >= 0.6 is 0 Å². The van der Waals surface area contributed by atoms with E-state index in [0.717, 1.165) is 55.1 Å². The summed E-state index contributed by atoms with van der Waals surface area (Å²) in [4.78, 5) is 32.4. The number of imide groups is 1. The van der Waals surface area contributed by atoms with E-state index in [2.05, 4.69) is 40.8 Å². The number of amides is 2. The number of benzene rings is 2. The molecule has 0 aliphatic carbocycles. The van der Waals surface area contributed by atoms with E-state index in [1.165, 1.54) is 10.6 Å². The van der Waals surface area contributed by atoms with Gasteiger partial charge < -0.3 is 15.1 Å². The van der Waals surface area contributed by atoms with Crippen LogP contribution in [0.1, 0.15) is 23.6 Å². The molecule has 33 heavy (non-hydrogen) atoms. The van der Waals surface area contributed by atoms with Crippen LogP contribution in [0.25, 0.3) is 5.57 Å². The molecule has 172 valence electrons. The maximum atomic E-state index is 13.2. The van der Waals surface area contributed by atoms with Gasteiger partial charge in [-0.25, -0.2) is 0 Å². The third kappa shape index (κ3) is 4.57. The molecule has 2 aliphatic heterocycles. The van der Waals surface area contributed by atoms with Gasteiger partial charge in [0.25, 0.3) is 11.8 Å². The normalized spacial score (nSPS) is 17.2. The maximum Gasteiger partial charge on any atom is 0.278 e. The summed E-state index contributed by atoms with van der Waals surface area (Å²) in [7, 11) is 0. The first-order chi connectivity index (χ1) is 15.9. The van der Waals surface area contributed by atoms with Crippen molar-refractivity contribution in [3.8, 4) is 0 Å². The topological polar surface area (TPSA) is 55.9 Å². The van der Waals surface area contributed by atoms with Crippen LogP contribution in [0.3, 0.4) is 0 Å². The highest BCUT2D eigenvalue weighted by Crippen LogP contribution is 2.33. The highest BCUT2D eigenvalue weighted by Gasteiger charge is 2.39. The van der Waals surface area contributed by atoms with Gasteiger partial charge in [-0.2, -0.15) is 0 Å². The molecule has 0 saturated carbocycles. The summed E-state index contributed by atoms with van der Waals surface area (Å²) in [5, 5.41) is 3.25. The quantitative estimate of drug-likeness (QED) is 0.520. The number of rotatable bonds is 7. The standard InChI is InChI=1S/C27H32N4O2/c1-5-13-31-26(32)24(23-12-7-19(3)18-20(23)4)25(27(31)33)28-21-8-10-22(11-9-21)30-16-14-29(6-2)15-17-30/h5,7-12,18,28H,1,6,13-17H2,2-4H3. The maximum absolute atomic E-state index is 13.2. The highest BCUT2D eigenvalue weighted by molar-refractivity contribution is 6.36. The average molecular weight is 445 g/mol. The molecule has 0 atom stereocenters. The summed E-state index contributed by atoms with van der Waals surface area (Å²) in [6.07, 6.45) is 1.57. The summed E-state index contributed by atoms with van der Waals surface area (Å²) >= 11 is 0. The Hall–Kier alpha value is -3.38. The van der Waals surface area contributed by atoms with Crippen LogP contribution in [0.4, 0.5) is 11.4 Å². The van der Waals surface area contributed by atoms with E-state index in [4.69, 9.17) is 0 Å². The minimum absolute atomic E-state index is 0.180. The number of piperazine rings is 1. The number of likely N-dealkylation sites (N-methyl/N-ethyl adjacent to an activating group) is 1. The number of hydrogen-bond acceptors (Lipinski definition) is 5. The molecule has 4 rings (SSSR count). The molecule has 6 nitrogen and oxygen atoms in total. The molecule has 2 aliphatic rings. The van der Waals surface area contributed by atoms with Crippen LogP contribution in [0.15, 0.2) is 60.8 Å². The fourth-order valence-electron chi connectivity index (χ4n) is 4.55. The molecule has 1 fully saturated rings. The van der Waals surface area contributed by atoms with Crippen LogP contribution in [-0.2, 0) is 9.59 Å². The first-order valence-corrected chi connectivity index (χ1v) is 11.6. The van der Waals surface area contributed by atoms with Crippen molar-refractivity contribution in [2.45, 2.75) is 20.8 Å². The number of anilines is 2. The molecule has 0 aromatic heterocycles. The number of aryl methyl sites for hydroxylation is 2. The Morgan fingerprint density at radius 3 is 2.27 bits per heavy atom. The van der Waals surface area contributed by atoms with E-state index in [-0.39, 0.29) is 18.4 Å². The molecular weight excluding hydrogens is 412 g/mol. The van der Waals surface area contributed by atoms with E-state index in [9.17, 15) is 9.59 Å². The smallest absolute Gasteiger partial charge is 0.278 e. The Labute approximate surface area is 196 Å². The summed E-state index contributed by atoms with van der Waals surface area (Å²) in [5.74, 6) is -0.616. The first kappa shape index (κ1) is 22.8. The molecule has 1 saturated heterocycles. The first-order valence-electron chi connectivity index (χ1n) is 11.6. The minimum atomic E-state index is -0.324. The number of carbonyl (C=O) groups excluding carboxylic acids is 2. The summed E-state index contributed by atoms with van der Waals surface area (Å²) in [6, 6.07) is 14.0. The summed E-state index contributed by atoms with van der Waals surface area (Å²) in [6.45, 7) is 15.3. The second-order valence-corrected chi connectivity index (χ2v) is 8.67. The molecule has 0 bridgehead atoms. The van der Waals surface area contributed by atoms with Crippen molar-refractivity contribution in [3.63, 3.8) is 0 Å². The predicted molar refractivity (Wildman–Crippen MR) is 134 cm³/mol. The van der Waals surface area contributed by atoms with E-state index in [1.807, 2.05) is 44.2 Å². The van der Waals surface area contributed by atoms with Crippen LogP contribution in [0.5, 0.6) is 0 Å². The molecule has 0 radical (unpaired) electrons. The Morgan fingerprint density at radius 2 is 1.67 bits per heavy atom.